The van der Waals surface area contributed by atoms with Crippen LogP contribution in [0.1, 0.15) is 49.9 Å². The number of hydrogen-bond acceptors (Lipinski definition) is 1. The van der Waals surface area contributed by atoms with E-state index in [4.69, 9.17) is 0 Å². The van der Waals surface area contributed by atoms with Gasteiger partial charge in [-0.2, -0.15) is 0 Å². The molecule has 8 aromatic carbocycles. The van der Waals surface area contributed by atoms with E-state index in [1.54, 1.807) is 0 Å². The zero-order valence-electron chi connectivity index (χ0n) is 28.4. The number of fused-ring (bicyclic) bond motifs is 11. The Morgan fingerprint density at radius 2 is 0.898 bits per heavy atom. The summed E-state index contributed by atoms with van der Waals surface area (Å²) in [6.45, 7) is 9.46. The third-order valence-electron chi connectivity index (χ3n) is 11.6. The van der Waals surface area contributed by atoms with E-state index in [-0.39, 0.29) is 10.8 Å². The molecule has 0 N–H and O–H groups in total. The molecule has 0 fully saturated rings. The van der Waals surface area contributed by atoms with Gasteiger partial charge in [0, 0.05) is 27.6 Å². The monoisotopic (exact) mass is 627 g/mol. The molecule has 1 heteroatoms. The van der Waals surface area contributed by atoms with E-state index < -0.39 is 0 Å². The van der Waals surface area contributed by atoms with Crippen molar-refractivity contribution < 1.29 is 0 Å². The zero-order chi connectivity index (χ0) is 33.1. The van der Waals surface area contributed by atoms with Gasteiger partial charge in [-0.15, -0.1) is 0 Å². The molecule has 0 spiro atoms. The summed E-state index contributed by atoms with van der Waals surface area (Å²) in [6.07, 6.45) is 0. The van der Waals surface area contributed by atoms with Crippen LogP contribution >= 0.6 is 0 Å². The lowest BCUT2D eigenvalue weighted by atomic mass is 9.82. The summed E-state index contributed by atoms with van der Waals surface area (Å²) < 4.78 is 0. The summed E-state index contributed by atoms with van der Waals surface area (Å²) in [5.74, 6) is 0. The van der Waals surface area contributed by atoms with Crippen LogP contribution in [-0.2, 0) is 10.8 Å². The predicted octanol–water partition coefficient (Wildman–Crippen LogP) is 13.2. The number of hydrogen-bond donors (Lipinski definition) is 0. The topological polar surface area (TPSA) is 3.24 Å². The minimum atomic E-state index is -0.101. The fourth-order valence-corrected chi connectivity index (χ4v) is 9.14. The first-order valence-electron chi connectivity index (χ1n) is 17.4. The van der Waals surface area contributed by atoms with Crippen molar-refractivity contribution in [2.75, 3.05) is 4.90 Å². The number of rotatable bonds is 3. The zero-order valence-corrected chi connectivity index (χ0v) is 28.4. The molecule has 0 heterocycles. The molecule has 0 aliphatic heterocycles. The fourth-order valence-electron chi connectivity index (χ4n) is 9.14. The molecular weight excluding hydrogens is 591 g/mol. The third-order valence-corrected chi connectivity index (χ3v) is 11.6. The molecule has 49 heavy (non-hydrogen) atoms. The number of benzene rings is 8. The van der Waals surface area contributed by atoms with Gasteiger partial charge in [0.15, 0.2) is 0 Å². The molecule has 0 amide bonds. The maximum atomic E-state index is 2.52. The minimum absolute atomic E-state index is 0.0484. The van der Waals surface area contributed by atoms with Crippen molar-refractivity contribution in [3.05, 3.63) is 174 Å². The largest absolute Gasteiger partial charge is 0.310 e. The second-order valence-corrected chi connectivity index (χ2v) is 15.0. The highest BCUT2D eigenvalue weighted by atomic mass is 15.1. The molecule has 0 aromatic heterocycles. The summed E-state index contributed by atoms with van der Waals surface area (Å²) in [5, 5.41) is 7.63. The Hall–Kier alpha value is -5.66. The molecule has 234 valence electrons. The fraction of sp³-hybridized carbons (Fsp3) is 0.125. The van der Waals surface area contributed by atoms with Crippen molar-refractivity contribution in [1.29, 1.82) is 0 Å². The van der Waals surface area contributed by atoms with Crippen LogP contribution < -0.4 is 4.90 Å². The molecule has 8 aromatic rings. The van der Waals surface area contributed by atoms with Crippen LogP contribution in [0.15, 0.2) is 152 Å². The Morgan fingerprint density at radius 3 is 1.65 bits per heavy atom. The molecule has 2 aliphatic carbocycles. The van der Waals surface area contributed by atoms with E-state index >= 15 is 0 Å². The lowest BCUT2D eigenvalue weighted by Gasteiger charge is -2.30. The van der Waals surface area contributed by atoms with Crippen molar-refractivity contribution in [3.8, 4) is 22.3 Å². The van der Waals surface area contributed by atoms with Crippen LogP contribution in [-0.4, -0.2) is 0 Å². The van der Waals surface area contributed by atoms with Gasteiger partial charge in [-0.3, -0.25) is 0 Å². The standard InChI is InChI=1S/C48H37N/c1-47(2)42-20-12-10-18-37(42)40-28-32(23-26-43(40)47)49(33-22-25-38-36-17-9-11-19-41(36)48(3,4)44(38)29-33)45-27-31-14-6-8-16-35(31)46-34-15-7-5-13-30(34)21-24-39(45)46/h5-29H,1-4H3. The number of anilines is 3. The highest BCUT2D eigenvalue weighted by Crippen LogP contribution is 2.54. The van der Waals surface area contributed by atoms with Crippen LogP contribution in [0.2, 0.25) is 0 Å². The molecule has 0 radical (unpaired) electrons. The molecule has 1 nitrogen and oxygen atoms in total. The van der Waals surface area contributed by atoms with Crippen LogP contribution in [0, 0.1) is 0 Å². The van der Waals surface area contributed by atoms with Crippen molar-refractivity contribution in [3.63, 3.8) is 0 Å². The van der Waals surface area contributed by atoms with Gasteiger partial charge < -0.3 is 4.90 Å². The molecular formula is C48H37N. The minimum Gasteiger partial charge on any atom is -0.310 e. The second-order valence-electron chi connectivity index (χ2n) is 15.0. The summed E-state index contributed by atoms with van der Waals surface area (Å²) in [4.78, 5) is 2.52. The van der Waals surface area contributed by atoms with E-state index in [2.05, 4.69) is 184 Å². The lowest BCUT2D eigenvalue weighted by Crippen LogP contribution is -2.17. The Morgan fingerprint density at radius 1 is 0.367 bits per heavy atom. The van der Waals surface area contributed by atoms with Gasteiger partial charge in [-0.25, -0.2) is 0 Å². The normalized spacial score (nSPS) is 14.9. The predicted molar refractivity (Wildman–Crippen MR) is 209 cm³/mol. The molecule has 0 saturated carbocycles. The van der Waals surface area contributed by atoms with Crippen LogP contribution in [0.25, 0.3) is 54.6 Å². The Bertz CT molecular complexity index is 2660. The van der Waals surface area contributed by atoms with Gasteiger partial charge in [-0.1, -0.05) is 149 Å². The Balaban J connectivity index is 1.29. The molecule has 0 unspecified atom stereocenters. The van der Waals surface area contributed by atoms with E-state index in [1.807, 2.05) is 0 Å². The van der Waals surface area contributed by atoms with Gasteiger partial charge in [0.2, 0.25) is 0 Å². The molecule has 0 bridgehead atoms. The van der Waals surface area contributed by atoms with E-state index in [9.17, 15) is 0 Å². The molecule has 0 saturated heterocycles. The summed E-state index contributed by atoms with van der Waals surface area (Å²) in [5.41, 5.74) is 14.3. The third kappa shape index (κ3) is 3.88. The van der Waals surface area contributed by atoms with Gasteiger partial charge >= 0.3 is 0 Å². The van der Waals surface area contributed by atoms with Crippen LogP contribution in [0.3, 0.4) is 0 Å². The summed E-state index contributed by atoms with van der Waals surface area (Å²) in [7, 11) is 0. The summed E-state index contributed by atoms with van der Waals surface area (Å²) >= 11 is 0. The lowest BCUT2D eigenvalue weighted by molar-refractivity contribution is 0.660. The first-order valence-corrected chi connectivity index (χ1v) is 17.4. The highest BCUT2D eigenvalue weighted by Gasteiger charge is 2.37. The van der Waals surface area contributed by atoms with E-state index in [1.165, 1.54) is 93.9 Å². The SMILES string of the molecule is CC1(C)c2ccccc2-c2cc(N(c3ccc4c(c3)C(C)(C)c3ccccc3-4)c3cc4ccccc4c4c3ccc3ccccc34)ccc21. The second kappa shape index (κ2) is 9.94. The maximum Gasteiger partial charge on any atom is 0.0546 e. The smallest absolute Gasteiger partial charge is 0.0546 e. The summed E-state index contributed by atoms with van der Waals surface area (Å²) in [6, 6.07) is 56.9. The molecule has 10 rings (SSSR count). The van der Waals surface area contributed by atoms with Crippen LogP contribution in [0.4, 0.5) is 17.1 Å². The van der Waals surface area contributed by atoms with Gasteiger partial charge in [-0.05, 0) is 102 Å². The first-order chi connectivity index (χ1) is 23.8. The Labute approximate surface area is 288 Å². The molecule has 2 aliphatic rings. The average Bonchev–Trinajstić information content (AvgIpc) is 3.50. The van der Waals surface area contributed by atoms with Gasteiger partial charge in [0.1, 0.15) is 0 Å². The Kier molecular flexibility index (Phi) is 5.75. The van der Waals surface area contributed by atoms with E-state index in [0.717, 1.165) is 0 Å². The van der Waals surface area contributed by atoms with E-state index in [0.29, 0.717) is 0 Å². The van der Waals surface area contributed by atoms with Gasteiger partial charge in [0.25, 0.3) is 0 Å². The van der Waals surface area contributed by atoms with Crippen molar-refractivity contribution in [2.45, 2.75) is 38.5 Å². The maximum absolute atomic E-state index is 2.52. The first kappa shape index (κ1) is 28.4. The quantitative estimate of drug-likeness (QED) is 0.176. The number of nitrogens with zero attached hydrogens (tertiary/aromatic N) is 1. The van der Waals surface area contributed by atoms with Crippen LogP contribution in [0.5, 0.6) is 0 Å². The van der Waals surface area contributed by atoms with Crippen molar-refractivity contribution in [2.24, 2.45) is 0 Å². The average molecular weight is 628 g/mol. The van der Waals surface area contributed by atoms with Crippen molar-refractivity contribution in [1.82, 2.24) is 0 Å². The molecule has 0 atom stereocenters. The van der Waals surface area contributed by atoms with Crippen molar-refractivity contribution >= 4 is 49.4 Å². The van der Waals surface area contributed by atoms with Gasteiger partial charge in [0.05, 0.1) is 5.69 Å². The highest BCUT2D eigenvalue weighted by molar-refractivity contribution is 6.24.